The molecule has 0 aliphatic carbocycles. The summed E-state index contributed by atoms with van der Waals surface area (Å²) in [5, 5.41) is 3.59. The number of halogens is 3. The maximum atomic E-state index is 12.5. The third kappa shape index (κ3) is 3.95. The SMILES string of the molecule is O=C(Nc1ccc2oc(-c3ccc(I)cc3)nc2c1)c1ccc(Cl)cc1Cl. The molecule has 0 unspecified atom stereocenters. The molecule has 4 aromatic rings. The number of fused-ring (bicyclic) bond motifs is 1. The van der Waals surface area contributed by atoms with Crippen LogP contribution in [0.1, 0.15) is 10.4 Å². The minimum absolute atomic E-state index is 0.295. The number of oxazole rings is 1. The fourth-order valence-electron chi connectivity index (χ4n) is 2.59. The number of hydrogen-bond donors (Lipinski definition) is 1. The van der Waals surface area contributed by atoms with Crippen molar-refractivity contribution in [3.63, 3.8) is 0 Å². The van der Waals surface area contributed by atoms with Gasteiger partial charge in [0.05, 0.1) is 10.6 Å². The van der Waals surface area contributed by atoms with E-state index in [0.717, 1.165) is 9.13 Å². The second-order valence-corrected chi connectivity index (χ2v) is 7.88. The molecule has 134 valence electrons. The first-order chi connectivity index (χ1) is 13.0. The zero-order chi connectivity index (χ0) is 19.0. The first-order valence-corrected chi connectivity index (χ1v) is 9.76. The number of anilines is 1. The molecule has 7 heteroatoms. The molecule has 0 aliphatic heterocycles. The van der Waals surface area contributed by atoms with Crippen LogP contribution in [0.15, 0.2) is 65.1 Å². The van der Waals surface area contributed by atoms with E-state index in [9.17, 15) is 4.79 Å². The highest BCUT2D eigenvalue weighted by Crippen LogP contribution is 2.27. The molecule has 0 saturated heterocycles. The van der Waals surface area contributed by atoms with E-state index in [1.165, 1.54) is 6.07 Å². The molecule has 1 heterocycles. The van der Waals surface area contributed by atoms with Gasteiger partial charge in [0.15, 0.2) is 5.58 Å². The predicted molar refractivity (Wildman–Crippen MR) is 117 cm³/mol. The zero-order valence-corrected chi connectivity index (χ0v) is 17.3. The summed E-state index contributed by atoms with van der Waals surface area (Å²) in [7, 11) is 0. The summed E-state index contributed by atoms with van der Waals surface area (Å²) >= 11 is 14.2. The third-order valence-corrected chi connectivity index (χ3v) is 5.18. The van der Waals surface area contributed by atoms with Crippen LogP contribution in [0, 0.1) is 3.57 Å². The number of carbonyl (C=O) groups excluding carboxylic acids is 1. The van der Waals surface area contributed by atoms with Crippen LogP contribution in [-0.2, 0) is 0 Å². The molecule has 0 spiro atoms. The van der Waals surface area contributed by atoms with E-state index in [1.54, 1.807) is 30.3 Å². The highest BCUT2D eigenvalue weighted by atomic mass is 127. The lowest BCUT2D eigenvalue weighted by molar-refractivity contribution is 0.102. The Hall–Kier alpha value is -2.09. The van der Waals surface area contributed by atoms with Gasteiger partial charge in [-0.3, -0.25) is 4.79 Å². The molecule has 1 N–H and O–H groups in total. The largest absolute Gasteiger partial charge is 0.436 e. The summed E-state index contributed by atoms with van der Waals surface area (Å²) in [6.45, 7) is 0. The standard InChI is InChI=1S/C20H11Cl2IN2O2/c21-12-3-7-15(16(22)9-12)19(26)24-14-6-8-18-17(10-14)25-20(27-18)11-1-4-13(23)5-2-11/h1-10H,(H,24,26). The van der Waals surface area contributed by atoms with Crippen molar-refractivity contribution in [3.05, 3.63) is 79.8 Å². The van der Waals surface area contributed by atoms with Gasteiger partial charge in [-0.25, -0.2) is 4.98 Å². The maximum Gasteiger partial charge on any atom is 0.257 e. The lowest BCUT2D eigenvalue weighted by atomic mass is 10.2. The highest BCUT2D eigenvalue weighted by molar-refractivity contribution is 14.1. The second-order valence-electron chi connectivity index (χ2n) is 5.79. The molecule has 27 heavy (non-hydrogen) atoms. The summed E-state index contributed by atoms with van der Waals surface area (Å²) in [4.78, 5) is 17.0. The fraction of sp³-hybridized carbons (Fsp3) is 0. The lowest BCUT2D eigenvalue weighted by Gasteiger charge is -2.06. The lowest BCUT2D eigenvalue weighted by Crippen LogP contribution is -2.12. The van der Waals surface area contributed by atoms with Gasteiger partial charge < -0.3 is 9.73 Å². The van der Waals surface area contributed by atoms with Crippen molar-refractivity contribution in [2.24, 2.45) is 0 Å². The molecular weight excluding hydrogens is 498 g/mol. The van der Waals surface area contributed by atoms with Crippen LogP contribution >= 0.6 is 45.8 Å². The normalized spacial score (nSPS) is 10.9. The topological polar surface area (TPSA) is 55.1 Å². The molecule has 0 aliphatic rings. The van der Waals surface area contributed by atoms with E-state index in [1.807, 2.05) is 24.3 Å². The summed E-state index contributed by atoms with van der Waals surface area (Å²) in [5.74, 6) is 0.211. The van der Waals surface area contributed by atoms with Gasteiger partial charge in [-0.1, -0.05) is 23.2 Å². The first-order valence-electron chi connectivity index (χ1n) is 7.92. The summed E-state index contributed by atoms with van der Waals surface area (Å²) in [6.07, 6.45) is 0. The van der Waals surface area contributed by atoms with E-state index in [-0.39, 0.29) is 5.91 Å². The van der Waals surface area contributed by atoms with E-state index in [0.29, 0.717) is 38.3 Å². The zero-order valence-electron chi connectivity index (χ0n) is 13.7. The molecule has 0 atom stereocenters. The third-order valence-electron chi connectivity index (χ3n) is 3.91. The average molecular weight is 509 g/mol. The molecule has 4 rings (SSSR count). The van der Waals surface area contributed by atoms with E-state index < -0.39 is 0 Å². The number of hydrogen-bond acceptors (Lipinski definition) is 3. The van der Waals surface area contributed by atoms with Crippen LogP contribution < -0.4 is 5.32 Å². The minimum atomic E-state index is -0.322. The minimum Gasteiger partial charge on any atom is -0.436 e. The first kappa shape index (κ1) is 18.3. The number of amides is 1. The van der Waals surface area contributed by atoms with Gasteiger partial charge in [0.1, 0.15) is 5.52 Å². The van der Waals surface area contributed by atoms with Crippen LogP contribution in [0.4, 0.5) is 5.69 Å². The molecule has 4 nitrogen and oxygen atoms in total. The molecule has 0 fully saturated rings. The molecular formula is C20H11Cl2IN2O2. The molecule has 0 radical (unpaired) electrons. The van der Waals surface area contributed by atoms with Crippen molar-refractivity contribution in [2.45, 2.75) is 0 Å². The maximum absolute atomic E-state index is 12.5. The molecule has 3 aromatic carbocycles. The Bertz CT molecular complexity index is 1160. The quantitative estimate of drug-likeness (QED) is 0.315. The highest BCUT2D eigenvalue weighted by Gasteiger charge is 2.13. The van der Waals surface area contributed by atoms with Crippen LogP contribution in [0.25, 0.3) is 22.6 Å². The van der Waals surface area contributed by atoms with E-state index >= 15 is 0 Å². The summed E-state index contributed by atoms with van der Waals surface area (Å²) < 4.78 is 6.95. The van der Waals surface area contributed by atoms with Gasteiger partial charge in [0.25, 0.3) is 5.91 Å². The number of benzene rings is 3. The van der Waals surface area contributed by atoms with Gasteiger partial charge in [-0.2, -0.15) is 0 Å². The molecule has 1 amide bonds. The smallest absolute Gasteiger partial charge is 0.257 e. The van der Waals surface area contributed by atoms with Crippen molar-refractivity contribution in [1.29, 1.82) is 0 Å². The average Bonchev–Trinajstić information content (AvgIpc) is 3.05. The Kier molecular flexibility index (Phi) is 5.08. The van der Waals surface area contributed by atoms with Gasteiger partial charge in [-0.05, 0) is 83.3 Å². The van der Waals surface area contributed by atoms with Crippen molar-refractivity contribution >= 4 is 68.5 Å². The van der Waals surface area contributed by atoms with Crippen molar-refractivity contribution < 1.29 is 9.21 Å². The monoisotopic (exact) mass is 508 g/mol. The fourth-order valence-corrected chi connectivity index (χ4v) is 3.45. The summed E-state index contributed by atoms with van der Waals surface area (Å²) in [6, 6.07) is 17.9. The number of carbonyl (C=O) groups is 1. The Morgan fingerprint density at radius 2 is 1.78 bits per heavy atom. The van der Waals surface area contributed by atoms with E-state index in [2.05, 4.69) is 32.9 Å². The van der Waals surface area contributed by atoms with Crippen LogP contribution in [0.2, 0.25) is 10.0 Å². The van der Waals surface area contributed by atoms with Gasteiger partial charge in [0, 0.05) is 19.8 Å². The van der Waals surface area contributed by atoms with Crippen molar-refractivity contribution in [1.82, 2.24) is 4.98 Å². The van der Waals surface area contributed by atoms with Gasteiger partial charge in [0.2, 0.25) is 5.89 Å². The van der Waals surface area contributed by atoms with Crippen molar-refractivity contribution in [2.75, 3.05) is 5.32 Å². The van der Waals surface area contributed by atoms with Crippen LogP contribution in [0.3, 0.4) is 0 Å². The number of nitrogens with one attached hydrogen (secondary N) is 1. The van der Waals surface area contributed by atoms with Gasteiger partial charge >= 0.3 is 0 Å². The Balaban J connectivity index is 1.61. The van der Waals surface area contributed by atoms with Crippen LogP contribution in [0.5, 0.6) is 0 Å². The Morgan fingerprint density at radius 1 is 1.00 bits per heavy atom. The van der Waals surface area contributed by atoms with E-state index in [4.69, 9.17) is 27.6 Å². The summed E-state index contributed by atoms with van der Waals surface area (Å²) in [5.41, 5.74) is 3.14. The Labute approximate surface area is 178 Å². The van der Waals surface area contributed by atoms with Gasteiger partial charge in [-0.15, -0.1) is 0 Å². The van der Waals surface area contributed by atoms with Crippen molar-refractivity contribution in [3.8, 4) is 11.5 Å². The predicted octanol–water partition coefficient (Wildman–Crippen LogP) is 6.66. The number of rotatable bonds is 3. The Morgan fingerprint density at radius 3 is 2.52 bits per heavy atom. The van der Waals surface area contributed by atoms with Crippen LogP contribution in [-0.4, -0.2) is 10.9 Å². The molecule has 1 aromatic heterocycles. The molecule has 0 saturated carbocycles. The number of aromatic nitrogens is 1. The molecule has 0 bridgehead atoms. The number of nitrogens with zero attached hydrogens (tertiary/aromatic N) is 1. The second kappa shape index (κ2) is 7.50.